The van der Waals surface area contributed by atoms with E-state index in [0.29, 0.717) is 24.1 Å². The third-order valence-electron chi connectivity index (χ3n) is 8.47. The standard InChI is InChI=1S/C26H28O8S/c1-25-8-6-15-23(29)34-18(14-7-9-32-13-14)12-26(15,2)21(25)20(27)17(11-16(25)22(28)31-3)33-24(30)19-5-4-10-35-19/h4-5,7,9-10,13,15-18,21H,6,8,11-12H2,1-3H3/t15-,16-,17-,18-,21-,25-,26-/m0/s1. The summed E-state index contributed by atoms with van der Waals surface area (Å²) in [5.41, 5.74) is -0.833. The van der Waals surface area contributed by atoms with Crippen molar-refractivity contribution >= 4 is 35.0 Å². The molecule has 186 valence electrons. The molecule has 0 amide bonds. The van der Waals surface area contributed by atoms with Crippen molar-refractivity contribution in [2.24, 2.45) is 28.6 Å². The number of carbonyl (C=O) groups excluding carboxylic acids is 4. The third kappa shape index (κ3) is 3.71. The van der Waals surface area contributed by atoms with Gasteiger partial charge in [-0.3, -0.25) is 14.4 Å². The van der Waals surface area contributed by atoms with Gasteiger partial charge in [-0.05, 0) is 47.6 Å². The molecule has 0 spiro atoms. The predicted molar refractivity (Wildman–Crippen MR) is 123 cm³/mol. The molecule has 1 saturated heterocycles. The van der Waals surface area contributed by atoms with Crippen LogP contribution in [0.2, 0.25) is 0 Å². The Bertz CT molecular complexity index is 1140. The number of hydrogen-bond donors (Lipinski definition) is 0. The molecular formula is C26H28O8S. The van der Waals surface area contributed by atoms with E-state index in [1.807, 2.05) is 13.8 Å². The molecule has 1 aliphatic heterocycles. The fraction of sp³-hybridized carbons (Fsp3) is 0.538. The molecule has 35 heavy (non-hydrogen) atoms. The Kier molecular flexibility index (Phi) is 5.86. The Labute approximate surface area is 206 Å². The van der Waals surface area contributed by atoms with Crippen molar-refractivity contribution in [3.63, 3.8) is 0 Å². The van der Waals surface area contributed by atoms with E-state index >= 15 is 0 Å². The fourth-order valence-corrected chi connectivity index (χ4v) is 7.45. The van der Waals surface area contributed by atoms with E-state index in [-0.39, 0.29) is 18.2 Å². The Hall–Kier alpha value is -2.94. The second-order valence-electron chi connectivity index (χ2n) is 10.3. The van der Waals surface area contributed by atoms with E-state index in [0.717, 1.165) is 5.56 Å². The lowest BCUT2D eigenvalue weighted by Crippen LogP contribution is -2.64. The summed E-state index contributed by atoms with van der Waals surface area (Å²) in [5.74, 6) is -3.49. The monoisotopic (exact) mass is 500 g/mol. The molecular weight excluding hydrogens is 472 g/mol. The molecule has 0 radical (unpaired) electrons. The van der Waals surface area contributed by atoms with Crippen molar-refractivity contribution in [3.05, 3.63) is 46.5 Å². The highest BCUT2D eigenvalue weighted by molar-refractivity contribution is 7.11. The van der Waals surface area contributed by atoms with Crippen molar-refractivity contribution in [2.45, 2.75) is 51.7 Å². The summed E-state index contributed by atoms with van der Waals surface area (Å²) in [5, 5.41) is 1.75. The smallest absolute Gasteiger partial charge is 0.349 e. The molecule has 3 fully saturated rings. The topological polar surface area (TPSA) is 109 Å². The number of fused-ring (bicyclic) bond motifs is 3. The summed E-state index contributed by atoms with van der Waals surface area (Å²) >= 11 is 1.22. The summed E-state index contributed by atoms with van der Waals surface area (Å²) < 4.78 is 21.8. The van der Waals surface area contributed by atoms with E-state index in [4.69, 9.17) is 18.6 Å². The molecule has 3 heterocycles. The van der Waals surface area contributed by atoms with Crippen LogP contribution in [0.4, 0.5) is 0 Å². The molecule has 3 aliphatic rings. The highest BCUT2D eigenvalue weighted by Crippen LogP contribution is 2.65. The molecule has 8 nitrogen and oxygen atoms in total. The molecule has 0 bridgehead atoms. The minimum absolute atomic E-state index is 0.0615. The van der Waals surface area contributed by atoms with Gasteiger partial charge in [-0.1, -0.05) is 19.9 Å². The van der Waals surface area contributed by atoms with Crippen LogP contribution in [-0.2, 0) is 28.6 Å². The molecule has 0 N–H and O–H groups in total. The van der Waals surface area contributed by atoms with Crippen LogP contribution in [-0.4, -0.2) is 36.9 Å². The normalized spacial score (nSPS) is 36.5. The van der Waals surface area contributed by atoms with E-state index < -0.39 is 52.7 Å². The first-order valence-electron chi connectivity index (χ1n) is 11.8. The molecule has 9 heteroatoms. The zero-order chi connectivity index (χ0) is 25.0. The van der Waals surface area contributed by atoms with Crippen LogP contribution < -0.4 is 0 Å². The molecule has 5 rings (SSSR count). The first kappa shape index (κ1) is 23.8. The molecule has 7 atom stereocenters. The summed E-state index contributed by atoms with van der Waals surface area (Å²) in [6, 6.07) is 5.11. The fourth-order valence-electron chi connectivity index (χ4n) is 6.85. The van der Waals surface area contributed by atoms with E-state index in [1.54, 1.807) is 23.6 Å². The first-order valence-corrected chi connectivity index (χ1v) is 12.7. The van der Waals surface area contributed by atoms with Gasteiger partial charge in [-0.2, -0.15) is 0 Å². The van der Waals surface area contributed by atoms with Gasteiger partial charge in [0, 0.05) is 17.9 Å². The van der Waals surface area contributed by atoms with Crippen molar-refractivity contribution < 1.29 is 37.8 Å². The predicted octanol–water partition coefficient (Wildman–Crippen LogP) is 4.36. The molecule has 0 unspecified atom stereocenters. The van der Waals surface area contributed by atoms with Gasteiger partial charge < -0.3 is 18.6 Å². The first-order chi connectivity index (χ1) is 16.7. The number of methoxy groups -OCH3 is 1. The number of ether oxygens (including phenoxy) is 3. The maximum absolute atomic E-state index is 14.1. The van der Waals surface area contributed by atoms with Crippen LogP contribution in [0.25, 0.3) is 0 Å². The summed E-state index contributed by atoms with van der Waals surface area (Å²) in [6.07, 6.45) is 2.83. The SMILES string of the molecule is COC(=O)[C@@H]1C[C@H](OC(=O)c2cccs2)C(=O)[C@H]2[C@@]1(C)CC[C@H]1C(=O)O[C@H](c3ccoc3)C[C@]21C. The van der Waals surface area contributed by atoms with Gasteiger partial charge in [-0.25, -0.2) is 4.79 Å². The van der Waals surface area contributed by atoms with Gasteiger partial charge >= 0.3 is 17.9 Å². The average Bonchev–Trinajstić information content (AvgIpc) is 3.54. The lowest BCUT2D eigenvalue weighted by molar-refractivity contribution is -0.207. The highest BCUT2D eigenvalue weighted by Gasteiger charge is 2.67. The lowest BCUT2D eigenvalue weighted by atomic mass is 9.43. The Balaban J connectivity index is 1.55. The molecule has 2 aromatic rings. The van der Waals surface area contributed by atoms with E-state index in [9.17, 15) is 19.2 Å². The number of Topliss-reactive ketones (excluding diaryl/α,β-unsaturated/α-hetero) is 1. The van der Waals surface area contributed by atoms with Crippen molar-refractivity contribution in [1.82, 2.24) is 0 Å². The van der Waals surface area contributed by atoms with Gasteiger partial charge in [0.2, 0.25) is 0 Å². The molecule has 0 aromatic carbocycles. The number of hydrogen-bond acceptors (Lipinski definition) is 9. The summed E-state index contributed by atoms with van der Waals surface area (Å²) in [4.78, 5) is 53.4. The van der Waals surface area contributed by atoms with Gasteiger partial charge in [0.15, 0.2) is 11.9 Å². The Morgan fingerprint density at radius 1 is 1.17 bits per heavy atom. The number of carbonyl (C=O) groups is 4. The van der Waals surface area contributed by atoms with Gasteiger partial charge in [0.1, 0.15) is 11.0 Å². The lowest BCUT2D eigenvalue weighted by Gasteiger charge is -2.61. The van der Waals surface area contributed by atoms with E-state index in [2.05, 4.69) is 0 Å². The van der Waals surface area contributed by atoms with Crippen LogP contribution in [0, 0.1) is 28.6 Å². The molecule has 2 saturated carbocycles. The minimum Gasteiger partial charge on any atom is -0.472 e. The van der Waals surface area contributed by atoms with Crippen LogP contribution >= 0.6 is 11.3 Å². The van der Waals surface area contributed by atoms with Crippen molar-refractivity contribution in [1.29, 1.82) is 0 Å². The largest absolute Gasteiger partial charge is 0.472 e. The third-order valence-corrected chi connectivity index (χ3v) is 9.32. The van der Waals surface area contributed by atoms with Crippen LogP contribution in [0.3, 0.4) is 0 Å². The summed E-state index contributed by atoms with van der Waals surface area (Å²) in [6.45, 7) is 3.87. The quantitative estimate of drug-likeness (QED) is 0.450. The van der Waals surface area contributed by atoms with Crippen LogP contribution in [0.1, 0.15) is 60.9 Å². The maximum atomic E-state index is 14.1. The molecule has 2 aromatic heterocycles. The Morgan fingerprint density at radius 2 is 1.97 bits per heavy atom. The molecule has 2 aliphatic carbocycles. The number of ketones is 1. The number of cyclic esters (lactones) is 1. The zero-order valence-electron chi connectivity index (χ0n) is 19.9. The maximum Gasteiger partial charge on any atom is 0.349 e. The number of furan rings is 1. The number of rotatable bonds is 4. The van der Waals surface area contributed by atoms with Crippen LogP contribution in [0.15, 0.2) is 40.5 Å². The second kappa shape index (κ2) is 8.62. The van der Waals surface area contributed by atoms with Gasteiger partial charge in [0.05, 0.1) is 31.5 Å². The number of thiophene rings is 1. The van der Waals surface area contributed by atoms with Crippen molar-refractivity contribution in [3.8, 4) is 0 Å². The van der Waals surface area contributed by atoms with Crippen molar-refractivity contribution in [2.75, 3.05) is 7.11 Å². The van der Waals surface area contributed by atoms with Gasteiger partial charge in [-0.15, -0.1) is 11.3 Å². The number of esters is 3. The van der Waals surface area contributed by atoms with Crippen LogP contribution in [0.5, 0.6) is 0 Å². The zero-order valence-corrected chi connectivity index (χ0v) is 20.7. The highest BCUT2D eigenvalue weighted by atomic mass is 32.1. The van der Waals surface area contributed by atoms with E-state index in [1.165, 1.54) is 31.0 Å². The minimum atomic E-state index is -1.10. The second-order valence-corrected chi connectivity index (χ2v) is 11.3. The van der Waals surface area contributed by atoms with Gasteiger partial charge in [0.25, 0.3) is 0 Å². The summed E-state index contributed by atoms with van der Waals surface area (Å²) in [7, 11) is 1.32. The Morgan fingerprint density at radius 3 is 2.63 bits per heavy atom. The average molecular weight is 501 g/mol.